The van der Waals surface area contributed by atoms with Gasteiger partial charge in [-0.05, 0) is 30.3 Å². The summed E-state index contributed by atoms with van der Waals surface area (Å²) in [4.78, 5) is 12.0. The van der Waals surface area contributed by atoms with Crippen LogP contribution >= 0.6 is 43.6 Å². The van der Waals surface area contributed by atoms with Gasteiger partial charge in [0.15, 0.2) is 11.0 Å². The fourth-order valence-electron chi connectivity index (χ4n) is 2.28. The van der Waals surface area contributed by atoms with Crippen molar-refractivity contribution in [3.63, 3.8) is 0 Å². The third-order valence-electron chi connectivity index (χ3n) is 3.63. The number of nitrogens with zero attached hydrogens (tertiary/aromatic N) is 4. The summed E-state index contributed by atoms with van der Waals surface area (Å²) in [6, 6.07) is 12.7. The molecule has 0 aliphatic heterocycles. The lowest BCUT2D eigenvalue weighted by molar-refractivity contribution is -0.118. The molecule has 0 saturated carbocycles. The van der Waals surface area contributed by atoms with Crippen LogP contribution in [0.5, 0.6) is 5.75 Å². The van der Waals surface area contributed by atoms with Crippen LogP contribution in [0.3, 0.4) is 0 Å². The van der Waals surface area contributed by atoms with E-state index in [0.29, 0.717) is 16.5 Å². The van der Waals surface area contributed by atoms with Crippen LogP contribution < -0.4 is 5.43 Å². The zero-order chi connectivity index (χ0) is 20.1. The van der Waals surface area contributed by atoms with E-state index >= 15 is 0 Å². The molecule has 3 aromatic rings. The molecule has 10 heteroatoms. The van der Waals surface area contributed by atoms with Crippen LogP contribution in [0.25, 0.3) is 11.4 Å². The molecule has 1 heterocycles. The molecule has 2 aromatic carbocycles. The number of aromatic hydroxyl groups is 1. The maximum Gasteiger partial charge on any atom is 0.250 e. The van der Waals surface area contributed by atoms with Crippen molar-refractivity contribution in [3.05, 3.63) is 57.0 Å². The number of amides is 1. The minimum atomic E-state index is -0.289. The summed E-state index contributed by atoms with van der Waals surface area (Å²) in [6.45, 7) is 0. The maximum absolute atomic E-state index is 12.0. The van der Waals surface area contributed by atoms with Gasteiger partial charge in [0.2, 0.25) is 0 Å². The van der Waals surface area contributed by atoms with Gasteiger partial charge in [-0.25, -0.2) is 5.43 Å². The molecular weight excluding hydrogens is 510 g/mol. The van der Waals surface area contributed by atoms with Crippen molar-refractivity contribution in [2.45, 2.75) is 5.16 Å². The molecule has 7 nitrogen and oxygen atoms in total. The molecule has 1 aromatic heterocycles. The minimum absolute atomic E-state index is 0.0785. The number of carbonyl (C=O) groups is 1. The number of halogens is 2. The van der Waals surface area contributed by atoms with Crippen molar-refractivity contribution in [2.75, 3.05) is 5.75 Å². The first-order valence-electron chi connectivity index (χ1n) is 8.02. The molecule has 1 amide bonds. The number of phenols is 1. The molecular formula is C18H15Br2N5O2S. The molecule has 0 unspecified atom stereocenters. The normalized spacial score (nSPS) is 11.1. The van der Waals surface area contributed by atoms with Crippen LogP contribution in [0.2, 0.25) is 0 Å². The molecule has 0 aliphatic rings. The van der Waals surface area contributed by atoms with E-state index in [4.69, 9.17) is 0 Å². The predicted octanol–water partition coefficient (Wildman–Crippen LogP) is 3.96. The van der Waals surface area contributed by atoms with Gasteiger partial charge in [0, 0.05) is 27.1 Å². The molecule has 3 rings (SSSR count). The van der Waals surface area contributed by atoms with Gasteiger partial charge in [0.25, 0.3) is 5.91 Å². The molecule has 28 heavy (non-hydrogen) atoms. The zero-order valence-corrected chi connectivity index (χ0v) is 18.6. The van der Waals surface area contributed by atoms with Crippen molar-refractivity contribution >= 4 is 55.7 Å². The monoisotopic (exact) mass is 523 g/mol. The number of hydrogen-bond acceptors (Lipinski definition) is 6. The number of hydrazone groups is 1. The summed E-state index contributed by atoms with van der Waals surface area (Å²) in [5, 5.41) is 22.6. The highest BCUT2D eigenvalue weighted by Gasteiger charge is 2.13. The SMILES string of the molecule is Cn1c(SCC(=O)NN=Cc2cc(Br)ccc2O)nnc1-c1cccc(Br)c1. The van der Waals surface area contributed by atoms with Gasteiger partial charge in [-0.15, -0.1) is 10.2 Å². The summed E-state index contributed by atoms with van der Waals surface area (Å²) in [6.07, 6.45) is 1.39. The van der Waals surface area contributed by atoms with Gasteiger partial charge in [-0.3, -0.25) is 4.79 Å². The lowest BCUT2D eigenvalue weighted by atomic mass is 10.2. The smallest absolute Gasteiger partial charge is 0.250 e. The quantitative estimate of drug-likeness (QED) is 0.289. The van der Waals surface area contributed by atoms with Gasteiger partial charge in [-0.2, -0.15) is 5.10 Å². The number of thioether (sulfide) groups is 1. The second-order valence-electron chi connectivity index (χ2n) is 5.66. The third-order valence-corrected chi connectivity index (χ3v) is 5.64. The lowest BCUT2D eigenvalue weighted by Gasteiger charge is -2.04. The lowest BCUT2D eigenvalue weighted by Crippen LogP contribution is -2.19. The first-order valence-corrected chi connectivity index (χ1v) is 10.6. The Hall–Kier alpha value is -2.17. The number of phenolic OH excluding ortho intramolecular Hbond substituents is 1. The Labute approximate surface area is 182 Å². The van der Waals surface area contributed by atoms with Crippen molar-refractivity contribution < 1.29 is 9.90 Å². The highest BCUT2D eigenvalue weighted by Crippen LogP contribution is 2.24. The molecule has 0 spiro atoms. The second kappa shape index (κ2) is 9.35. The summed E-state index contributed by atoms with van der Waals surface area (Å²) in [5.41, 5.74) is 3.86. The Morgan fingerprint density at radius 3 is 2.82 bits per heavy atom. The van der Waals surface area contributed by atoms with Crippen molar-refractivity contribution in [1.29, 1.82) is 0 Å². The molecule has 0 fully saturated rings. The second-order valence-corrected chi connectivity index (χ2v) is 8.43. The molecule has 0 saturated heterocycles. The Bertz CT molecular complexity index is 1040. The predicted molar refractivity (Wildman–Crippen MR) is 116 cm³/mol. The number of carbonyl (C=O) groups excluding carboxylic acids is 1. The number of nitrogens with one attached hydrogen (secondary N) is 1. The highest BCUT2D eigenvalue weighted by molar-refractivity contribution is 9.10. The maximum atomic E-state index is 12.0. The van der Waals surface area contributed by atoms with Gasteiger partial charge >= 0.3 is 0 Å². The van der Waals surface area contributed by atoms with Gasteiger partial charge in [0.05, 0.1) is 12.0 Å². The van der Waals surface area contributed by atoms with Gasteiger partial charge in [-0.1, -0.05) is 55.8 Å². The number of hydrogen-bond donors (Lipinski definition) is 2. The summed E-state index contributed by atoms with van der Waals surface area (Å²) < 4.78 is 3.59. The average Bonchev–Trinajstić information content (AvgIpc) is 3.03. The van der Waals surface area contributed by atoms with Gasteiger partial charge < -0.3 is 9.67 Å². The molecule has 0 bridgehead atoms. The molecule has 0 atom stereocenters. The number of rotatable bonds is 6. The zero-order valence-electron chi connectivity index (χ0n) is 14.6. The highest BCUT2D eigenvalue weighted by atomic mass is 79.9. The van der Waals surface area contributed by atoms with E-state index in [2.05, 4.69) is 52.6 Å². The van der Waals surface area contributed by atoms with Crippen LogP contribution in [-0.2, 0) is 11.8 Å². The molecule has 0 aliphatic carbocycles. The van der Waals surface area contributed by atoms with E-state index in [0.717, 1.165) is 14.5 Å². The Kier molecular flexibility index (Phi) is 6.87. The summed E-state index contributed by atoms with van der Waals surface area (Å²) in [7, 11) is 1.85. The Balaban J connectivity index is 1.58. The third kappa shape index (κ3) is 5.21. The van der Waals surface area contributed by atoms with Crippen LogP contribution in [-0.4, -0.2) is 37.7 Å². The largest absolute Gasteiger partial charge is 0.507 e. The van der Waals surface area contributed by atoms with Gasteiger partial charge in [0.1, 0.15) is 5.75 Å². The van der Waals surface area contributed by atoms with Crippen LogP contribution in [0.1, 0.15) is 5.56 Å². The van der Waals surface area contributed by atoms with Crippen molar-refractivity contribution in [3.8, 4) is 17.1 Å². The van der Waals surface area contributed by atoms with Crippen LogP contribution in [0, 0.1) is 0 Å². The van der Waals surface area contributed by atoms with E-state index in [1.54, 1.807) is 18.2 Å². The topological polar surface area (TPSA) is 92.4 Å². The van der Waals surface area contributed by atoms with Crippen LogP contribution in [0.15, 0.2) is 61.7 Å². The molecule has 2 N–H and O–H groups in total. The molecule has 144 valence electrons. The Morgan fingerprint density at radius 2 is 2.04 bits per heavy atom. The van der Waals surface area contributed by atoms with E-state index in [9.17, 15) is 9.90 Å². The minimum Gasteiger partial charge on any atom is -0.507 e. The fourth-order valence-corrected chi connectivity index (χ4v) is 3.77. The summed E-state index contributed by atoms with van der Waals surface area (Å²) in [5.74, 6) is 0.636. The van der Waals surface area contributed by atoms with E-state index in [1.165, 1.54) is 18.0 Å². The van der Waals surface area contributed by atoms with E-state index in [1.807, 2.05) is 35.9 Å². The first-order chi connectivity index (χ1) is 13.4. The Morgan fingerprint density at radius 1 is 1.25 bits per heavy atom. The van der Waals surface area contributed by atoms with Crippen molar-refractivity contribution in [2.24, 2.45) is 12.1 Å². The molecule has 0 radical (unpaired) electrons. The van der Waals surface area contributed by atoms with E-state index < -0.39 is 0 Å². The first kappa shape index (κ1) is 20.6. The number of aromatic nitrogens is 3. The average molecular weight is 525 g/mol. The number of benzene rings is 2. The summed E-state index contributed by atoms with van der Waals surface area (Å²) >= 11 is 8.02. The fraction of sp³-hybridized carbons (Fsp3) is 0.111. The van der Waals surface area contributed by atoms with Crippen LogP contribution in [0.4, 0.5) is 0 Å². The van der Waals surface area contributed by atoms with E-state index in [-0.39, 0.29) is 17.4 Å². The van der Waals surface area contributed by atoms with Crippen molar-refractivity contribution in [1.82, 2.24) is 20.2 Å². The standard InChI is InChI=1S/C18H15Br2N5O2S/c1-25-17(11-3-2-4-13(19)7-11)23-24-18(25)28-10-16(27)22-21-9-12-8-14(20)5-6-15(12)26/h2-9,26H,10H2,1H3,(H,22,27).